The van der Waals surface area contributed by atoms with Crippen LogP contribution in [0.2, 0.25) is 0 Å². The number of carboxylic acid groups (broad SMARTS) is 1. The summed E-state index contributed by atoms with van der Waals surface area (Å²) in [7, 11) is 0. The van der Waals surface area contributed by atoms with Crippen LogP contribution in [-0.2, 0) is 11.3 Å². The summed E-state index contributed by atoms with van der Waals surface area (Å²) in [6, 6.07) is 8.05. The van der Waals surface area contributed by atoms with Crippen LogP contribution in [0.15, 0.2) is 29.8 Å². The van der Waals surface area contributed by atoms with Gasteiger partial charge < -0.3 is 10.0 Å². The Morgan fingerprint density at radius 3 is 2.70 bits per heavy atom. The molecular weight excluding hydrogens is 272 g/mol. The van der Waals surface area contributed by atoms with E-state index < -0.39 is 5.97 Å². The molecule has 5 heteroatoms. The van der Waals surface area contributed by atoms with Gasteiger partial charge in [0, 0.05) is 17.1 Å². The van der Waals surface area contributed by atoms with Crippen molar-refractivity contribution in [2.45, 2.75) is 26.8 Å². The second-order valence-corrected chi connectivity index (χ2v) is 5.65. The van der Waals surface area contributed by atoms with Crippen LogP contribution < -0.4 is 4.90 Å². The summed E-state index contributed by atoms with van der Waals surface area (Å²) < 4.78 is 0. The van der Waals surface area contributed by atoms with Crippen molar-refractivity contribution in [1.82, 2.24) is 4.98 Å². The van der Waals surface area contributed by atoms with E-state index in [1.165, 1.54) is 4.88 Å². The van der Waals surface area contributed by atoms with E-state index >= 15 is 0 Å². The van der Waals surface area contributed by atoms with Gasteiger partial charge in [0.05, 0.1) is 24.2 Å². The molecule has 1 aromatic carbocycles. The molecule has 0 fully saturated rings. The number of rotatable bonds is 6. The molecule has 0 saturated heterocycles. The SMILES string of the molecule is Cc1ccccc1N(CCC(=O)O)Cc1scnc1C. The molecule has 1 N–H and O–H groups in total. The molecule has 4 nitrogen and oxygen atoms in total. The van der Waals surface area contributed by atoms with Crippen LogP contribution in [0.4, 0.5) is 5.69 Å². The van der Waals surface area contributed by atoms with Crippen molar-refractivity contribution >= 4 is 23.0 Å². The summed E-state index contributed by atoms with van der Waals surface area (Å²) in [6.07, 6.45) is 0.131. The minimum absolute atomic E-state index is 0.131. The fraction of sp³-hybridized carbons (Fsp3) is 0.333. The maximum atomic E-state index is 10.9. The standard InChI is InChI=1S/C15H18N2O2S/c1-11-5-3-4-6-13(11)17(8-7-15(18)19)9-14-12(2)16-10-20-14/h3-6,10H,7-9H2,1-2H3,(H,18,19). The monoisotopic (exact) mass is 290 g/mol. The Morgan fingerprint density at radius 1 is 1.35 bits per heavy atom. The Labute approximate surface area is 122 Å². The lowest BCUT2D eigenvalue weighted by Gasteiger charge is -2.25. The fourth-order valence-electron chi connectivity index (χ4n) is 2.08. The summed E-state index contributed by atoms with van der Waals surface area (Å²) in [6.45, 7) is 5.23. The Morgan fingerprint density at radius 2 is 2.10 bits per heavy atom. The number of para-hydroxylation sites is 1. The molecule has 0 aliphatic heterocycles. The zero-order chi connectivity index (χ0) is 14.5. The number of hydrogen-bond donors (Lipinski definition) is 1. The molecule has 0 saturated carbocycles. The van der Waals surface area contributed by atoms with Crippen LogP contribution in [0.3, 0.4) is 0 Å². The van der Waals surface area contributed by atoms with Gasteiger partial charge in [0.2, 0.25) is 0 Å². The maximum absolute atomic E-state index is 10.9. The lowest BCUT2D eigenvalue weighted by Crippen LogP contribution is -2.26. The average Bonchev–Trinajstić information content (AvgIpc) is 2.81. The number of aromatic nitrogens is 1. The van der Waals surface area contributed by atoms with Gasteiger partial charge in [-0.15, -0.1) is 11.3 Å². The number of anilines is 1. The number of aliphatic carboxylic acids is 1. The smallest absolute Gasteiger partial charge is 0.305 e. The van der Waals surface area contributed by atoms with Crippen LogP contribution in [-0.4, -0.2) is 22.6 Å². The first kappa shape index (κ1) is 14.5. The molecule has 1 aromatic heterocycles. The number of thiazole rings is 1. The van der Waals surface area contributed by atoms with Crippen molar-refractivity contribution in [3.63, 3.8) is 0 Å². The molecule has 2 rings (SSSR count). The summed E-state index contributed by atoms with van der Waals surface area (Å²) in [4.78, 5) is 18.4. The first-order chi connectivity index (χ1) is 9.58. The molecule has 0 bridgehead atoms. The van der Waals surface area contributed by atoms with E-state index in [-0.39, 0.29) is 6.42 Å². The second-order valence-electron chi connectivity index (χ2n) is 4.71. The normalized spacial score (nSPS) is 10.5. The summed E-state index contributed by atoms with van der Waals surface area (Å²) >= 11 is 1.61. The van der Waals surface area contributed by atoms with Gasteiger partial charge in [-0.25, -0.2) is 4.98 Å². The van der Waals surface area contributed by atoms with Gasteiger partial charge in [-0.05, 0) is 25.5 Å². The van der Waals surface area contributed by atoms with Crippen LogP contribution in [0.5, 0.6) is 0 Å². The fourth-order valence-corrected chi connectivity index (χ4v) is 2.88. The highest BCUT2D eigenvalue weighted by atomic mass is 32.1. The van der Waals surface area contributed by atoms with E-state index in [9.17, 15) is 4.79 Å². The zero-order valence-electron chi connectivity index (χ0n) is 11.7. The molecule has 0 aliphatic carbocycles. The maximum Gasteiger partial charge on any atom is 0.305 e. The van der Waals surface area contributed by atoms with Gasteiger partial charge in [-0.1, -0.05) is 18.2 Å². The zero-order valence-corrected chi connectivity index (χ0v) is 12.5. The molecule has 106 valence electrons. The summed E-state index contributed by atoms with van der Waals surface area (Å²) in [5.74, 6) is -0.774. The largest absolute Gasteiger partial charge is 0.481 e. The molecular formula is C15H18N2O2S. The molecule has 1 heterocycles. The number of aryl methyl sites for hydroxylation is 2. The van der Waals surface area contributed by atoms with Crippen molar-refractivity contribution in [2.24, 2.45) is 0 Å². The molecule has 0 spiro atoms. The molecule has 0 aliphatic rings. The highest BCUT2D eigenvalue weighted by Crippen LogP contribution is 2.24. The van der Waals surface area contributed by atoms with Gasteiger partial charge in [0.25, 0.3) is 0 Å². The number of carboxylic acids is 1. The van der Waals surface area contributed by atoms with Gasteiger partial charge in [-0.2, -0.15) is 0 Å². The second kappa shape index (κ2) is 6.52. The average molecular weight is 290 g/mol. The predicted octanol–water partition coefficient (Wildman–Crippen LogP) is 3.24. The molecule has 0 amide bonds. The van der Waals surface area contributed by atoms with Crippen molar-refractivity contribution < 1.29 is 9.90 Å². The Balaban J connectivity index is 2.23. The quantitative estimate of drug-likeness (QED) is 0.887. The van der Waals surface area contributed by atoms with E-state index in [0.29, 0.717) is 13.1 Å². The van der Waals surface area contributed by atoms with Crippen LogP contribution in [0.25, 0.3) is 0 Å². The number of carbonyl (C=O) groups is 1. The highest BCUT2D eigenvalue weighted by Gasteiger charge is 2.13. The van der Waals surface area contributed by atoms with Crippen molar-refractivity contribution in [3.05, 3.63) is 45.9 Å². The van der Waals surface area contributed by atoms with E-state index in [4.69, 9.17) is 5.11 Å². The van der Waals surface area contributed by atoms with E-state index in [1.807, 2.05) is 43.6 Å². The Hall–Kier alpha value is -1.88. The van der Waals surface area contributed by atoms with Gasteiger partial charge in [0.1, 0.15) is 0 Å². The predicted molar refractivity (Wildman–Crippen MR) is 81.3 cm³/mol. The number of nitrogens with zero attached hydrogens (tertiary/aromatic N) is 2. The third-order valence-electron chi connectivity index (χ3n) is 3.23. The van der Waals surface area contributed by atoms with E-state index in [2.05, 4.69) is 9.88 Å². The highest BCUT2D eigenvalue weighted by molar-refractivity contribution is 7.09. The third kappa shape index (κ3) is 3.57. The minimum atomic E-state index is -0.774. The van der Waals surface area contributed by atoms with Crippen LogP contribution in [0.1, 0.15) is 22.6 Å². The minimum Gasteiger partial charge on any atom is -0.481 e. The molecule has 2 aromatic rings. The number of hydrogen-bond acceptors (Lipinski definition) is 4. The summed E-state index contributed by atoms with van der Waals surface area (Å²) in [5, 5.41) is 8.92. The van der Waals surface area contributed by atoms with Gasteiger partial charge >= 0.3 is 5.97 Å². The van der Waals surface area contributed by atoms with E-state index in [0.717, 1.165) is 16.9 Å². The van der Waals surface area contributed by atoms with Crippen LogP contribution >= 0.6 is 11.3 Å². The lowest BCUT2D eigenvalue weighted by molar-refractivity contribution is -0.136. The van der Waals surface area contributed by atoms with Gasteiger partial charge in [0.15, 0.2) is 0 Å². The Bertz CT molecular complexity index is 595. The first-order valence-electron chi connectivity index (χ1n) is 6.49. The first-order valence-corrected chi connectivity index (χ1v) is 7.37. The van der Waals surface area contributed by atoms with Crippen molar-refractivity contribution in [3.8, 4) is 0 Å². The lowest BCUT2D eigenvalue weighted by atomic mass is 10.1. The summed E-state index contributed by atoms with van der Waals surface area (Å²) in [5.41, 5.74) is 5.09. The number of benzene rings is 1. The topological polar surface area (TPSA) is 53.4 Å². The third-order valence-corrected chi connectivity index (χ3v) is 4.15. The Kier molecular flexibility index (Phi) is 4.74. The molecule has 0 unspecified atom stereocenters. The van der Waals surface area contributed by atoms with Crippen molar-refractivity contribution in [2.75, 3.05) is 11.4 Å². The molecule has 0 radical (unpaired) electrons. The van der Waals surface area contributed by atoms with Gasteiger partial charge in [-0.3, -0.25) is 4.79 Å². The molecule has 20 heavy (non-hydrogen) atoms. The van der Waals surface area contributed by atoms with E-state index in [1.54, 1.807) is 11.3 Å². The molecule has 0 atom stereocenters. The van der Waals surface area contributed by atoms with Crippen molar-refractivity contribution in [1.29, 1.82) is 0 Å². The van der Waals surface area contributed by atoms with Crippen LogP contribution in [0, 0.1) is 13.8 Å².